The third kappa shape index (κ3) is 6.85. The van der Waals surface area contributed by atoms with Crippen LogP contribution in [0.3, 0.4) is 0 Å². The van der Waals surface area contributed by atoms with Gasteiger partial charge in [-0.1, -0.05) is 26.8 Å². The van der Waals surface area contributed by atoms with Crippen molar-refractivity contribution in [3.8, 4) is 5.75 Å². The average molecular weight is 535 g/mol. The third-order valence-electron chi connectivity index (χ3n) is 5.93. The molecule has 1 fully saturated rings. The van der Waals surface area contributed by atoms with Crippen LogP contribution in [-0.4, -0.2) is 32.8 Å². The number of halogens is 3. The Labute approximate surface area is 216 Å². The molecule has 0 saturated carbocycles. The summed E-state index contributed by atoms with van der Waals surface area (Å²) in [5, 5.41) is 12.9. The second-order valence-electron chi connectivity index (χ2n) is 9.97. The van der Waals surface area contributed by atoms with Gasteiger partial charge in [-0.05, 0) is 48.6 Å². The lowest BCUT2D eigenvalue weighted by atomic mass is 9.95. The molecule has 4 rings (SSSR count). The van der Waals surface area contributed by atoms with Crippen molar-refractivity contribution >= 4 is 17.2 Å². The van der Waals surface area contributed by atoms with E-state index in [0.29, 0.717) is 23.5 Å². The van der Waals surface area contributed by atoms with Gasteiger partial charge in [0.2, 0.25) is 0 Å². The van der Waals surface area contributed by atoms with Crippen LogP contribution in [0.15, 0.2) is 53.8 Å². The predicted molar refractivity (Wildman–Crippen MR) is 133 cm³/mol. The van der Waals surface area contributed by atoms with Crippen molar-refractivity contribution in [2.75, 3.05) is 0 Å². The first-order valence-electron chi connectivity index (χ1n) is 11.9. The minimum Gasteiger partial charge on any atom is -0.486 e. The molecule has 1 amide bonds. The molecule has 3 aromatic rings. The highest BCUT2D eigenvalue weighted by atomic mass is 32.1. The number of pyridine rings is 1. The first-order chi connectivity index (χ1) is 17.4. The topological polar surface area (TPSA) is 88.7 Å². The monoisotopic (exact) mass is 534 g/mol. The quantitative estimate of drug-likeness (QED) is 0.481. The van der Waals surface area contributed by atoms with Gasteiger partial charge in [-0.25, -0.2) is 0 Å². The van der Waals surface area contributed by atoms with E-state index in [0.717, 1.165) is 29.5 Å². The number of hydrogen-bond acceptors (Lipinski definition) is 6. The van der Waals surface area contributed by atoms with Gasteiger partial charge in [-0.15, -0.1) is 11.3 Å². The van der Waals surface area contributed by atoms with Gasteiger partial charge in [0.15, 0.2) is 4.80 Å². The second kappa shape index (κ2) is 10.8. The Bertz CT molecular complexity index is 1310. The molecule has 3 heterocycles. The minimum atomic E-state index is -4.63. The van der Waals surface area contributed by atoms with Crippen LogP contribution in [0.5, 0.6) is 5.75 Å². The number of rotatable bonds is 6. The van der Waals surface area contributed by atoms with Crippen molar-refractivity contribution in [3.05, 3.63) is 75.3 Å². The minimum absolute atomic E-state index is 0.00728. The molecule has 7 nitrogen and oxygen atoms in total. The highest BCUT2D eigenvalue weighted by molar-refractivity contribution is 7.09. The Kier molecular flexibility index (Phi) is 7.86. The van der Waals surface area contributed by atoms with E-state index in [4.69, 9.17) is 4.74 Å². The van der Waals surface area contributed by atoms with Gasteiger partial charge in [-0.2, -0.15) is 18.2 Å². The lowest BCUT2D eigenvalue weighted by molar-refractivity contribution is -0.137. The van der Waals surface area contributed by atoms with E-state index in [1.54, 1.807) is 24.4 Å². The number of alkyl halides is 3. The summed E-state index contributed by atoms with van der Waals surface area (Å²) < 4.78 is 48.0. The van der Waals surface area contributed by atoms with Crippen molar-refractivity contribution in [3.63, 3.8) is 0 Å². The predicted octanol–water partition coefficient (Wildman–Crippen LogP) is 4.65. The standard InChI is InChI=1S/C26H29F3N4O3S/c1-25(2,3)21-14-33(13-17-8-10-22(34)31-17)24(37-21)32-23(35)19-12-16(26(27,28)29)7-9-20(19)36-15-18-6-4-5-11-30-18/h4-7,9,11-12,14,17,22,31,34H,8,10,13,15H2,1-3H3/t17-,22-/m0/s1. The van der Waals surface area contributed by atoms with Gasteiger partial charge in [0, 0.05) is 29.9 Å². The van der Waals surface area contributed by atoms with Crippen LogP contribution >= 0.6 is 11.3 Å². The molecule has 1 saturated heterocycles. The molecular formula is C26H29F3N4O3S. The number of carbonyl (C=O) groups is 1. The molecule has 2 N–H and O–H groups in total. The summed E-state index contributed by atoms with van der Waals surface area (Å²) in [6.07, 6.45) is -0.361. The van der Waals surface area contributed by atoms with Crippen molar-refractivity contribution in [2.24, 2.45) is 4.99 Å². The number of benzene rings is 1. The van der Waals surface area contributed by atoms with E-state index in [1.165, 1.54) is 11.3 Å². The first kappa shape index (κ1) is 27.0. The first-order valence-corrected chi connectivity index (χ1v) is 12.7. The van der Waals surface area contributed by atoms with Crippen molar-refractivity contribution in [1.29, 1.82) is 0 Å². The zero-order chi connectivity index (χ0) is 26.8. The van der Waals surface area contributed by atoms with E-state index in [9.17, 15) is 23.1 Å². The molecule has 37 heavy (non-hydrogen) atoms. The molecule has 198 valence electrons. The van der Waals surface area contributed by atoms with Crippen LogP contribution < -0.4 is 14.9 Å². The number of carbonyl (C=O) groups excluding carboxylic acids is 1. The maximum absolute atomic E-state index is 13.5. The molecule has 0 spiro atoms. The summed E-state index contributed by atoms with van der Waals surface area (Å²) in [7, 11) is 0. The summed E-state index contributed by atoms with van der Waals surface area (Å²) in [4.78, 5) is 23.1. The SMILES string of the molecule is CC(C)(C)c1cn(C[C@@H]2CC[C@H](O)N2)c(=NC(=O)c2cc(C(F)(F)F)ccc2OCc2ccccn2)s1. The fourth-order valence-corrected chi connectivity index (χ4v) is 4.96. The summed E-state index contributed by atoms with van der Waals surface area (Å²) in [6.45, 7) is 6.53. The van der Waals surface area contributed by atoms with E-state index in [-0.39, 0.29) is 29.4 Å². The van der Waals surface area contributed by atoms with Gasteiger partial charge in [0.05, 0.1) is 16.8 Å². The highest BCUT2D eigenvalue weighted by Crippen LogP contribution is 2.33. The molecule has 0 radical (unpaired) electrons. The summed E-state index contributed by atoms with van der Waals surface area (Å²) >= 11 is 1.31. The van der Waals surface area contributed by atoms with E-state index >= 15 is 0 Å². The maximum Gasteiger partial charge on any atom is 0.416 e. The van der Waals surface area contributed by atoms with E-state index in [2.05, 4.69) is 15.3 Å². The second-order valence-corrected chi connectivity index (χ2v) is 11.0. The summed E-state index contributed by atoms with van der Waals surface area (Å²) in [5.41, 5.74) is -0.902. The zero-order valence-corrected chi connectivity index (χ0v) is 21.6. The normalized spacial score (nSPS) is 18.8. The molecule has 0 aliphatic carbocycles. The Balaban J connectivity index is 1.72. The molecule has 2 atom stereocenters. The number of aromatic nitrogens is 2. The molecule has 1 aliphatic heterocycles. The lowest BCUT2D eigenvalue weighted by Gasteiger charge is -2.15. The maximum atomic E-state index is 13.5. The highest BCUT2D eigenvalue weighted by Gasteiger charge is 2.32. The van der Waals surface area contributed by atoms with E-state index < -0.39 is 23.9 Å². The summed E-state index contributed by atoms with van der Waals surface area (Å²) in [5.74, 6) is -0.843. The van der Waals surface area contributed by atoms with Gasteiger partial charge in [0.1, 0.15) is 18.6 Å². The van der Waals surface area contributed by atoms with Crippen molar-refractivity contribution in [2.45, 2.75) is 70.6 Å². The van der Waals surface area contributed by atoms with E-state index in [1.807, 2.05) is 31.5 Å². The number of amides is 1. The smallest absolute Gasteiger partial charge is 0.416 e. The van der Waals surface area contributed by atoms with Crippen LogP contribution in [0.1, 0.15) is 60.1 Å². The van der Waals surface area contributed by atoms with Crippen LogP contribution in [0.4, 0.5) is 13.2 Å². The zero-order valence-electron chi connectivity index (χ0n) is 20.7. The number of ether oxygens (including phenoxy) is 1. The molecule has 2 aromatic heterocycles. The van der Waals surface area contributed by atoms with Crippen molar-refractivity contribution < 1.29 is 27.8 Å². The van der Waals surface area contributed by atoms with Gasteiger partial charge in [0.25, 0.3) is 5.91 Å². The third-order valence-corrected chi connectivity index (χ3v) is 7.38. The number of aliphatic hydroxyl groups is 1. The van der Waals surface area contributed by atoms with Gasteiger partial charge in [-0.3, -0.25) is 15.1 Å². The number of hydrogen-bond donors (Lipinski definition) is 2. The molecule has 0 bridgehead atoms. The number of nitrogens with one attached hydrogen (secondary N) is 1. The fraction of sp³-hybridized carbons (Fsp3) is 0.423. The largest absolute Gasteiger partial charge is 0.486 e. The molecule has 1 aliphatic rings. The average Bonchev–Trinajstić information content (AvgIpc) is 3.43. The van der Waals surface area contributed by atoms with Crippen LogP contribution in [0, 0.1) is 0 Å². The fourth-order valence-electron chi connectivity index (χ4n) is 3.91. The number of nitrogens with zero attached hydrogens (tertiary/aromatic N) is 3. The molecule has 11 heteroatoms. The Morgan fingerprint density at radius 3 is 2.65 bits per heavy atom. The van der Waals surface area contributed by atoms with Crippen LogP contribution in [-0.2, 0) is 24.7 Å². The Morgan fingerprint density at radius 2 is 2.03 bits per heavy atom. The molecular weight excluding hydrogens is 505 g/mol. The molecule has 0 unspecified atom stereocenters. The number of aliphatic hydroxyl groups excluding tert-OH is 1. The lowest BCUT2D eigenvalue weighted by Crippen LogP contribution is -2.34. The summed E-state index contributed by atoms with van der Waals surface area (Å²) in [6, 6.07) is 7.99. The van der Waals surface area contributed by atoms with Crippen molar-refractivity contribution in [1.82, 2.24) is 14.9 Å². The number of thiazole rings is 1. The van der Waals surface area contributed by atoms with Crippen LogP contribution in [0.2, 0.25) is 0 Å². The molecule has 1 aromatic carbocycles. The van der Waals surface area contributed by atoms with Gasteiger partial charge >= 0.3 is 6.18 Å². The Hall–Kier alpha value is -3.02. The van der Waals surface area contributed by atoms with Crippen LogP contribution in [0.25, 0.3) is 0 Å². The van der Waals surface area contributed by atoms with Gasteiger partial charge < -0.3 is 14.4 Å². The Morgan fingerprint density at radius 1 is 1.24 bits per heavy atom.